The topological polar surface area (TPSA) is 65.5 Å². The van der Waals surface area contributed by atoms with Gasteiger partial charge in [-0.15, -0.1) is 0 Å². The summed E-state index contributed by atoms with van der Waals surface area (Å²) in [5, 5.41) is 12.5. The Morgan fingerprint density at radius 1 is 1.57 bits per heavy atom. The summed E-state index contributed by atoms with van der Waals surface area (Å²) in [5.74, 6) is 0.783. The minimum Gasteiger partial charge on any atom is -0.505 e. The van der Waals surface area contributed by atoms with Gasteiger partial charge in [0.05, 0.1) is 0 Å². The van der Waals surface area contributed by atoms with Crippen LogP contribution < -0.4 is 5.32 Å². The highest BCUT2D eigenvalue weighted by molar-refractivity contribution is 5.94. The number of likely N-dealkylation sites (tertiary alicyclic amines) is 1. The van der Waals surface area contributed by atoms with Crippen LogP contribution in [0.1, 0.15) is 37.2 Å². The molecular weight excluding hydrogens is 266 g/mol. The Kier molecular flexibility index (Phi) is 5.56. The second kappa shape index (κ2) is 7.41. The quantitative estimate of drug-likeness (QED) is 0.869. The standard InChI is InChI=1S/C16H25N3O2/c1-12(2)10-19-8-4-5-13(11-19)9-18-16(21)15-14(20)6-3-7-17-15/h3,6-7,12-13,20H,4-5,8-11H2,1-2H3,(H,18,21). The van der Waals surface area contributed by atoms with E-state index in [0.29, 0.717) is 18.4 Å². The first-order valence-electron chi connectivity index (χ1n) is 7.70. The summed E-state index contributed by atoms with van der Waals surface area (Å²) in [6.45, 7) is 8.41. The van der Waals surface area contributed by atoms with Crippen molar-refractivity contribution in [3.63, 3.8) is 0 Å². The van der Waals surface area contributed by atoms with Gasteiger partial charge < -0.3 is 15.3 Å². The molecule has 0 radical (unpaired) electrons. The van der Waals surface area contributed by atoms with E-state index >= 15 is 0 Å². The van der Waals surface area contributed by atoms with Crippen molar-refractivity contribution in [2.24, 2.45) is 11.8 Å². The van der Waals surface area contributed by atoms with E-state index in [9.17, 15) is 9.90 Å². The van der Waals surface area contributed by atoms with Crippen molar-refractivity contribution in [3.8, 4) is 5.75 Å². The molecule has 0 aromatic carbocycles. The monoisotopic (exact) mass is 291 g/mol. The maximum Gasteiger partial charge on any atom is 0.273 e. The van der Waals surface area contributed by atoms with Crippen molar-refractivity contribution in [3.05, 3.63) is 24.0 Å². The largest absolute Gasteiger partial charge is 0.505 e. The highest BCUT2D eigenvalue weighted by atomic mass is 16.3. The summed E-state index contributed by atoms with van der Waals surface area (Å²) >= 11 is 0. The van der Waals surface area contributed by atoms with Crippen molar-refractivity contribution in [2.75, 3.05) is 26.2 Å². The van der Waals surface area contributed by atoms with Crippen LogP contribution in [0.15, 0.2) is 18.3 Å². The minimum absolute atomic E-state index is 0.0694. The van der Waals surface area contributed by atoms with Crippen LogP contribution in [-0.4, -0.2) is 47.1 Å². The Balaban J connectivity index is 1.82. The molecule has 1 fully saturated rings. The number of nitrogens with one attached hydrogen (secondary N) is 1. The molecule has 0 aliphatic carbocycles. The fourth-order valence-corrected chi connectivity index (χ4v) is 2.89. The molecule has 0 saturated carbocycles. The highest BCUT2D eigenvalue weighted by Gasteiger charge is 2.21. The molecule has 1 atom stereocenters. The number of aromatic nitrogens is 1. The molecule has 1 aromatic heterocycles. The number of carbonyl (C=O) groups excluding carboxylic acids is 1. The van der Waals surface area contributed by atoms with Crippen LogP contribution in [0.3, 0.4) is 0 Å². The van der Waals surface area contributed by atoms with Gasteiger partial charge >= 0.3 is 0 Å². The molecule has 116 valence electrons. The molecule has 2 heterocycles. The molecule has 1 aliphatic heterocycles. The number of amides is 1. The molecule has 5 nitrogen and oxygen atoms in total. The lowest BCUT2D eigenvalue weighted by Crippen LogP contribution is -2.42. The average molecular weight is 291 g/mol. The predicted molar refractivity (Wildman–Crippen MR) is 82.2 cm³/mol. The van der Waals surface area contributed by atoms with E-state index < -0.39 is 0 Å². The first kappa shape index (κ1) is 15.8. The van der Waals surface area contributed by atoms with E-state index in [1.54, 1.807) is 6.07 Å². The molecule has 1 aliphatic rings. The zero-order chi connectivity index (χ0) is 15.2. The Bertz CT molecular complexity index is 476. The van der Waals surface area contributed by atoms with Gasteiger partial charge in [-0.3, -0.25) is 4.79 Å². The summed E-state index contributed by atoms with van der Waals surface area (Å²) in [6, 6.07) is 3.09. The van der Waals surface area contributed by atoms with Crippen molar-refractivity contribution < 1.29 is 9.90 Å². The molecule has 1 aromatic rings. The van der Waals surface area contributed by atoms with E-state index in [1.807, 2.05) is 0 Å². The Morgan fingerprint density at radius 3 is 3.10 bits per heavy atom. The third-order valence-electron chi connectivity index (χ3n) is 3.78. The third-order valence-corrected chi connectivity index (χ3v) is 3.78. The fourth-order valence-electron chi connectivity index (χ4n) is 2.89. The van der Waals surface area contributed by atoms with Crippen LogP contribution in [0.25, 0.3) is 0 Å². The zero-order valence-corrected chi connectivity index (χ0v) is 12.9. The van der Waals surface area contributed by atoms with Gasteiger partial charge in [-0.2, -0.15) is 0 Å². The van der Waals surface area contributed by atoms with Crippen LogP contribution in [0.5, 0.6) is 5.75 Å². The normalized spacial score (nSPS) is 19.7. The smallest absolute Gasteiger partial charge is 0.273 e. The van der Waals surface area contributed by atoms with Gasteiger partial charge in [0.25, 0.3) is 5.91 Å². The van der Waals surface area contributed by atoms with E-state index in [4.69, 9.17) is 0 Å². The zero-order valence-electron chi connectivity index (χ0n) is 12.9. The number of piperidine rings is 1. The molecule has 1 saturated heterocycles. The first-order valence-corrected chi connectivity index (χ1v) is 7.70. The van der Waals surface area contributed by atoms with E-state index in [1.165, 1.54) is 18.7 Å². The summed E-state index contributed by atoms with van der Waals surface area (Å²) in [4.78, 5) is 18.4. The summed E-state index contributed by atoms with van der Waals surface area (Å²) < 4.78 is 0. The second-order valence-corrected chi connectivity index (χ2v) is 6.24. The number of pyridine rings is 1. The SMILES string of the molecule is CC(C)CN1CCCC(CNC(=O)c2ncccc2O)C1. The van der Waals surface area contributed by atoms with Gasteiger partial charge in [-0.05, 0) is 43.4 Å². The lowest BCUT2D eigenvalue weighted by Gasteiger charge is -2.33. The van der Waals surface area contributed by atoms with Gasteiger partial charge in [0.15, 0.2) is 5.69 Å². The van der Waals surface area contributed by atoms with Gasteiger partial charge in [-0.1, -0.05) is 13.8 Å². The fraction of sp³-hybridized carbons (Fsp3) is 0.625. The molecule has 1 amide bonds. The number of carbonyl (C=O) groups is 1. The maximum atomic E-state index is 12.0. The van der Waals surface area contributed by atoms with Gasteiger partial charge in [0, 0.05) is 25.8 Å². The van der Waals surface area contributed by atoms with Crippen LogP contribution in [0, 0.1) is 11.8 Å². The first-order chi connectivity index (χ1) is 10.1. The Morgan fingerprint density at radius 2 is 2.38 bits per heavy atom. The van der Waals surface area contributed by atoms with Crippen LogP contribution in [0.4, 0.5) is 0 Å². The third kappa shape index (κ3) is 4.70. The number of rotatable bonds is 5. The van der Waals surface area contributed by atoms with Crippen molar-refractivity contribution in [1.82, 2.24) is 15.2 Å². The number of hydrogen-bond donors (Lipinski definition) is 2. The molecule has 1 unspecified atom stereocenters. The molecule has 21 heavy (non-hydrogen) atoms. The van der Waals surface area contributed by atoms with Crippen molar-refractivity contribution in [2.45, 2.75) is 26.7 Å². The molecular formula is C16H25N3O2. The molecule has 2 rings (SSSR count). The molecule has 2 N–H and O–H groups in total. The van der Waals surface area contributed by atoms with Gasteiger partial charge in [0.2, 0.25) is 0 Å². The van der Waals surface area contributed by atoms with E-state index in [-0.39, 0.29) is 17.4 Å². The molecule has 0 spiro atoms. The lowest BCUT2D eigenvalue weighted by atomic mass is 9.97. The Hall–Kier alpha value is -1.62. The minimum atomic E-state index is -0.297. The molecule has 0 bridgehead atoms. The lowest BCUT2D eigenvalue weighted by molar-refractivity contribution is 0.0921. The number of hydrogen-bond acceptors (Lipinski definition) is 4. The van der Waals surface area contributed by atoms with Crippen molar-refractivity contribution >= 4 is 5.91 Å². The predicted octanol–water partition coefficient (Wildman–Crippen LogP) is 1.89. The maximum absolute atomic E-state index is 12.0. The summed E-state index contributed by atoms with van der Waals surface area (Å²) in [6.07, 6.45) is 3.84. The average Bonchev–Trinajstić information content (AvgIpc) is 2.45. The number of aromatic hydroxyl groups is 1. The summed E-state index contributed by atoms with van der Waals surface area (Å²) in [5.41, 5.74) is 0.104. The van der Waals surface area contributed by atoms with Crippen LogP contribution in [0.2, 0.25) is 0 Å². The van der Waals surface area contributed by atoms with Crippen LogP contribution >= 0.6 is 0 Å². The highest BCUT2D eigenvalue weighted by Crippen LogP contribution is 2.17. The van der Waals surface area contributed by atoms with Gasteiger partial charge in [0.1, 0.15) is 5.75 Å². The summed E-state index contributed by atoms with van der Waals surface area (Å²) in [7, 11) is 0. The Labute approximate surface area is 126 Å². The second-order valence-electron chi connectivity index (χ2n) is 6.24. The van der Waals surface area contributed by atoms with Crippen LogP contribution in [-0.2, 0) is 0 Å². The van der Waals surface area contributed by atoms with E-state index in [2.05, 4.69) is 29.0 Å². The molecule has 5 heteroatoms. The van der Waals surface area contributed by atoms with Crippen molar-refractivity contribution in [1.29, 1.82) is 0 Å². The van der Waals surface area contributed by atoms with E-state index in [0.717, 1.165) is 26.1 Å². The van der Waals surface area contributed by atoms with Gasteiger partial charge in [-0.25, -0.2) is 4.98 Å². The number of nitrogens with zero attached hydrogens (tertiary/aromatic N) is 2.